The first kappa shape index (κ1) is 26.6. The fourth-order valence-corrected chi connectivity index (χ4v) is 2.86. The summed E-state index contributed by atoms with van der Waals surface area (Å²) in [5.41, 5.74) is 12.3. The van der Waals surface area contributed by atoms with Gasteiger partial charge in [-0.2, -0.15) is 0 Å². The van der Waals surface area contributed by atoms with Crippen LogP contribution in [0.5, 0.6) is 0 Å². The van der Waals surface area contributed by atoms with Gasteiger partial charge in [0.1, 0.15) is 12.4 Å². The maximum atomic E-state index is 11.4. The number of guanidine groups is 1. The summed E-state index contributed by atoms with van der Waals surface area (Å²) in [7, 11) is 0. The summed E-state index contributed by atoms with van der Waals surface area (Å²) in [5.74, 6) is 0.696. The predicted octanol–water partition coefficient (Wildman–Crippen LogP) is 2.58. The predicted molar refractivity (Wildman–Crippen MR) is 123 cm³/mol. The van der Waals surface area contributed by atoms with Crippen LogP contribution in [0, 0.1) is 0 Å². The number of benzene rings is 1. The Labute approximate surface area is 188 Å². The molecular formula is C18H25Cl3N6O2. The van der Waals surface area contributed by atoms with Crippen LogP contribution in [0.1, 0.15) is 5.56 Å². The summed E-state index contributed by atoms with van der Waals surface area (Å²) in [4.78, 5) is 23.7. The molecular weight excluding hydrogens is 439 g/mol. The number of hydrogen-bond donors (Lipinski definition) is 2. The van der Waals surface area contributed by atoms with E-state index in [-0.39, 0.29) is 49.8 Å². The Morgan fingerprint density at radius 3 is 2.31 bits per heavy atom. The number of aliphatic imine (C=N–C) groups is 1. The van der Waals surface area contributed by atoms with Crippen LogP contribution in [0.2, 0.25) is 0 Å². The number of hydrogen-bond acceptors (Lipinski definition) is 5. The van der Waals surface area contributed by atoms with Crippen molar-refractivity contribution < 1.29 is 9.53 Å². The van der Waals surface area contributed by atoms with Crippen LogP contribution in [-0.4, -0.2) is 43.2 Å². The van der Waals surface area contributed by atoms with Gasteiger partial charge in [0.2, 0.25) is 0 Å². The third-order valence-corrected chi connectivity index (χ3v) is 4.11. The molecule has 2 aromatic rings. The van der Waals surface area contributed by atoms with E-state index in [0.29, 0.717) is 0 Å². The monoisotopic (exact) mass is 462 g/mol. The quantitative estimate of drug-likeness (QED) is 0.529. The van der Waals surface area contributed by atoms with E-state index in [1.807, 2.05) is 42.6 Å². The summed E-state index contributed by atoms with van der Waals surface area (Å²) in [5, 5.41) is 0. The first-order valence-electron chi connectivity index (χ1n) is 8.38. The van der Waals surface area contributed by atoms with Gasteiger partial charge in [-0.1, -0.05) is 18.2 Å². The molecule has 1 aliphatic heterocycles. The van der Waals surface area contributed by atoms with Gasteiger partial charge in [-0.05, 0) is 29.8 Å². The largest absolute Gasteiger partial charge is 0.443 e. The third-order valence-electron chi connectivity index (χ3n) is 4.11. The SMILES string of the molecule is Cl.Cl.Cl.NC(N)=NC(=O)OCc1cccc(N2CCN(c3ccccn3)CC2)c1. The zero-order valence-electron chi connectivity index (χ0n) is 15.6. The number of amides is 1. The molecule has 0 bridgehead atoms. The maximum absolute atomic E-state index is 11.4. The van der Waals surface area contributed by atoms with E-state index in [1.165, 1.54) is 0 Å². The van der Waals surface area contributed by atoms with E-state index in [2.05, 4.69) is 25.8 Å². The number of anilines is 2. The molecule has 0 aliphatic carbocycles. The summed E-state index contributed by atoms with van der Waals surface area (Å²) >= 11 is 0. The number of pyridine rings is 1. The minimum Gasteiger partial charge on any atom is -0.443 e. The van der Waals surface area contributed by atoms with Gasteiger partial charge >= 0.3 is 6.09 Å². The Balaban J connectivity index is 0.00000261. The van der Waals surface area contributed by atoms with Gasteiger partial charge in [0.15, 0.2) is 5.96 Å². The van der Waals surface area contributed by atoms with E-state index in [4.69, 9.17) is 16.2 Å². The zero-order chi connectivity index (χ0) is 18.4. The fourth-order valence-electron chi connectivity index (χ4n) is 2.86. The average Bonchev–Trinajstić information content (AvgIpc) is 2.67. The lowest BCUT2D eigenvalue weighted by atomic mass is 10.2. The van der Waals surface area contributed by atoms with Crippen molar-refractivity contribution in [2.75, 3.05) is 36.0 Å². The Hall–Kier alpha value is -2.42. The highest BCUT2D eigenvalue weighted by Gasteiger charge is 2.18. The summed E-state index contributed by atoms with van der Waals surface area (Å²) in [6, 6.07) is 13.9. The second kappa shape index (κ2) is 12.9. The number of aromatic nitrogens is 1. The number of nitrogens with two attached hydrogens (primary N) is 2. The summed E-state index contributed by atoms with van der Waals surface area (Å²) in [6.07, 6.45) is 1.02. The molecule has 0 saturated carbocycles. The van der Waals surface area contributed by atoms with Gasteiger partial charge < -0.3 is 26.0 Å². The van der Waals surface area contributed by atoms with E-state index in [9.17, 15) is 4.79 Å². The number of halogens is 3. The number of rotatable bonds is 4. The third kappa shape index (κ3) is 7.84. The molecule has 8 nitrogen and oxygen atoms in total. The van der Waals surface area contributed by atoms with Gasteiger partial charge in [-0.25, -0.2) is 9.78 Å². The van der Waals surface area contributed by atoms with Crippen molar-refractivity contribution >= 4 is 60.8 Å². The van der Waals surface area contributed by atoms with Crippen molar-refractivity contribution in [2.24, 2.45) is 16.5 Å². The van der Waals surface area contributed by atoms with Crippen LogP contribution in [0.25, 0.3) is 0 Å². The van der Waals surface area contributed by atoms with Crippen molar-refractivity contribution in [1.29, 1.82) is 0 Å². The molecule has 0 radical (unpaired) electrons. The van der Waals surface area contributed by atoms with E-state index in [0.717, 1.165) is 43.2 Å². The smallest absolute Gasteiger partial charge is 0.437 e. The van der Waals surface area contributed by atoms with E-state index >= 15 is 0 Å². The molecule has 2 heterocycles. The van der Waals surface area contributed by atoms with Gasteiger partial charge in [0, 0.05) is 38.1 Å². The molecule has 29 heavy (non-hydrogen) atoms. The van der Waals surface area contributed by atoms with Crippen molar-refractivity contribution in [3.05, 3.63) is 54.2 Å². The van der Waals surface area contributed by atoms with Gasteiger partial charge in [0.05, 0.1) is 0 Å². The van der Waals surface area contributed by atoms with Crippen LogP contribution in [0.4, 0.5) is 16.3 Å². The zero-order valence-corrected chi connectivity index (χ0v) is 18.1. The lowest BCUT2D eigenvalue weighted by molar-refractivity contribution is 0.151. The molecule has 1 saturated heterocycles. The summed E-state index contributed by atoms with van der Waals surface area (Å²) in [6.45, 7) is 3.72. The summed E-state index contributed by atoms with van der Waals surface area (Å²) < 4.78 is 5.03. The Bertz CT molecular complexity index is 782. The maximum Gasteiger partial charge on any atom is 0.437 e. The number of piperazine rings is 1. The first-order valence-corrected chi connectivity index (χ1v) is 8.38. The normalized spacial score (nSPS) is 12.6. The lowest BCUT2D eigenvalue weighted by Crippen LogP contribution is -2.46. The number of nitrogens with zero attached hydrogens (tertiary/aromatic N) is 4. The number of carbonyl (C=O) groups is 1. The molecule has 11 heteroatoms. The highest BCUT2D eigenvalue weighted by atomic mass is 35.5. The highest BCUT2D eigenvalue weighted by Crippen LogP contribution is 2.20. The Morgan fingerprint density at radius 2 is 1.69 bits per heavy atom. The standard InChI is InChI=1S/C18H22N6O2.3ClH/c19-17(20)22-18(25)26-13-14-4-3-5-15(12-14)23-8-10-24(11-9-23)16-6-1-2-7-21-16;;;/h1-7,12H,8-11,13H2,(H4,19,20,22,25);3*1H. The van der Waals surface area contributed by atoms with Crippen molar-refractivity contribution in [3.8, 4) is 0 Å². The van der Waals surface area contributed by atoms with Crippen LogP contribution in [0.3, 0.4) is 0 Å². The van der Waals surface area contributed by atoms with Crippen LogP contribution in [-0.2, 0) is 11.3 Å². The first-order chi connectivity index (χ1) is 12.6. The molecule has 0 atom stereocenters. The van der Waals surface area contributed by atoms with Crippen molar-refractivity contribution in [2.45, 2.75) is 6.61 Å². The Kier molecular flexibility index (Phi) is 11.8. The second-order valence-electron chi connectivity index (χ2n) is 5.92. The van der Waals surface area contributed by atoms with E-state index in [1.54, 1.807) is 0 Å². The molecule has 4 N–H and O–H groups in total. The topological polar surface area (TPSA) is 110 Å². The number of ether oxygens (including phenoxy) is 1. The highest BCUT2D eigenvalue weighted by molar-refractivity contribution is 5.87. The molecule has 160 valence electrons. The van der Waals surface area contributed by atoms with Crippen molar-refractivity contribution in [3.63, 3.8) is 0 Å². The Morgan fingerprint density at radius 1 is 1.00 bits per heavy atom. The van der Waals surface area contributed by atoms with Crippen LogP contribution in [0.15, 0.2) is 53.7 Å². The molecule has 3 rings (SSSR count). The second-order valence-corrected chi connectivity index (χ2v) is 5.92. The van der Waals surface area contributed by atoms with Gasteiger partial charge in [-0.3, -0.25) is 0 Å². The molecule has 1 aliphatic rings. The molecule has 1 aromatic heterocycles. The average molecular weight is 464 g/mol. The number of carbonyl (C=O) groups excluding carboxylic acids is 1. The van der Waals surface area contributed by atoms with Gasteiger partial charge in [0.25, 0.3) is 0 Å². The molecule has 0 unspecified atom stereocenters. The van der Waals surface area contributed by atoms with Crippen molar-refractivity contribution in [1.82, 2.24) is 4.98 Å². The molecule has 1 amide bonds. The van der Waals surface area contributed by atoms with Gasteiger partial charge in [-0.15, -0.1) is 42.2 Å². The fraction of sp³-hybridized carbons (Fsp3) is 0.278. The lowest BCUT2D eigenvalue weighted by Gasteiger charge is -2.36. The van der Waals surface area contributed by atoms with Crippen LogP contribution >= 0.6 is 37.2 Å². The minimum absolute atomic E-state index is 0. The van der Waals surface area contributed by atoms with E-state index < -0.39 is 6.09 Å². The molecule has 0 spiro atoms. The molecule has 1 fully saturated rings. The minimum atomic E-state index is -0.792. The van der Waals surface area contributed by atoms with Crippen LogP contribution < -0.4 is 21.3 Å². The molecule has 1 aromatic carbocycles.